The zero-order valence-corrected chi connectivity index (χ0v) is 13.8. The van der Waals surface area contributed by atoms with Crippen molar-refractivity contribution >= 4 is 17.9 Å². The average molecular weight is 327 g/mol. The van der Waals surface area contributed by atoms with Crippen LogP contribution in [0.1, 0.15) is 16.1 Å². The summed E-state index contributed by atoms with van der Waals surface area (Å²) in [5.41, 5.74) is 0.612. The van der Waals surface area contributed by atoms with Crippen LogP contribution in [0.3, 0.4) is 0 Å². The second-order valence-electron chi connectivity index (χ2n) is 5.45. The second-order valence-corrected chi connectivity index (χ2v) is 5.45. The zero-order valence-electron chi connectivity index (χ0n) is 13.8. The quantitative estimate of drug-likeness (QED) is 0.760. The summed E-state index contributed by atoms with van der Waals surface area (Å²) in [6.07, 6.45) is 3.01. The molecule has 24 heavy (non-hydrogen) atoms. The van der Waals surface area contributed by atoms with Crippen molar-refractivity contribution in [1.29, 1.82) is 0 Å². The number of furan rings is 1. The fraction of sp³-hybridized carbons (Fsp3) is 0.222. The molecule has 0 radical (unpaired) electrons. The average Bonchev–Trinajstić information content (AvgIpc) is 3.07. The van der Waals surface area contributed by atoms with Gasteiger partial charge in [0.15, 0.2) is 0 Å². The summed E-state index contributed by atoms with van der Waals surface area (Å²) in [4.78, 5) is 26.6. The van der Waals surface area contributed by atoms with Gasteiger partial charge in [0, 0.05) is 24.7 Å². The number of carbonyl (C=O) groups excluding carboxylic acids is 2. The third-order valence-electron chi connectivity index (χ3n) is 3.20. The molecule has 6 heteroatoms. The molecule has 1 heterocycles. The second kappa shape index (κ2) is 8.69. The van der Waals surface area contributed by atoms with Crippen molar-refractivity contribution in [3.05, 3.63) is 65.7 Å². The Morgan fingerprint density at radius 2 is 1.88 bits per heavy atom. The molecule has 126 valence electrons. The molecule has 2 N–H and O–H groups in total. The lowest BCUT2D eigenvalue weighted by molar-refractivity contribution is -0.117. The molecule has 0 bridgehead atoms. The molecular formula is C18H21N3O3. The van der Waals surface area contributed by atoms with E-state index in [1.165, 1.54) is 12.3 Å². The highest BCUT2D eigenvalue weighted by Gasteiger charge is 2.14. The van der Waals surface area contributed by atoms with Crippen molar-refractivity contribution in [1.82, 2.24) is 15.5 Å². The highest BCUT2D eigenvalue weighted by molar-refractivity contribution is 6.05. The van der Waals surface area contributed by atoms with E-state index in [-0.39, 0.29) is 17.5 Å². The lowest BCUT2D eigenvalue weighted by atomic mass is 10.2. The van der Waals surface area contributed by atoms with Gasteiger partial charge in [-0.3, -0.25) is 9.59 Å². The van der Waals surface area contributed by atoms with Crippen LogP contribution in [0.25, 0.3) is 6.08 Å². The van der Waals surface area contributed by atoms with Gasteiger partial charge in [-0.05, 0) is 38.4 Å². The van der Waals surface area contributed by atoms with E-state index >= 15 is 0 Å². The number of rotatable bonds is 7. The first-order chi connectivity index (χ1) is 11.6. The van der Waals surface area contributed by atoms with Gasteiger partial charge in [-0.15, -0.1) is 0 Å². The Balaban J connectivity index is 2.11. The van der Waals surface area contributed by atoms with Crippen LogP contribution in [-0.4, -0.2) is 43.9 Å². The van der Waals surface area contributed by atoms with Crippen molar-refractivity contribution in [2.45, 2.75) is 0 Å². The Morgan fingerprint density at radius 3 is 2.50 bits per heavy atom. The summed E-state index contributed by atoms with van der Waals surface area (Å²) in [5.74, 6) is -0.227. The molecular weight excluding hydrogens is 306 g/mol. The van der Waals surface area contributed by atoms with E-state index < -0.39 is 0 Å². The summed E-state index contributed by atoms with van der Waals surface area (Å²) in [7, 11) is 3.84. The molecule has 0 spiro atoms. The maximum atomic E-state index is 12.4. The fourth-order valence-corrected chi connectivity index (χ4v) is 1.95. The van der Waals surface area contributed by atoms with Crippen molar-refractivity contribution in [3.63, 3.8) is 0 Å². The van der Waals surface area contributed by atoms with Crippen LogP contribution < -0.4 is 10.6 Å². The number of likely N-dealkylation sites (N-methyl/N-ethyl adjacent to an activating group) is 1. The number of nitrogens with zero attached hydrogens (tertiary/aromatic N) is 1. The topological polar surface area (TPSA) is 74.6 Å². The van der Waals surface area contributed by atoms with E-state index in [1.54, 1.807) is 36.4 Å². The monoisotopic (exact) mass is 327 g/mol. The first-order valence-corrected chi connectivity index (χ1v) is 7.61. The molecule has 0 aliphatic carbocycles. The molecule has 0 unspecified atom stereocenters. The Labute approximate surface area is 141 Å². The van der Waals surface area contributed by atoms with Gasteiger partial charge in [-0.2, -0.15) is 0 Å². The van der Waals surface area contributed by atoms with Gasteiger partial charge in [0.25, 0.3) is 11.8 Å². The van der Waals surface area contributed by atoms with Crippen molar-refractivity contribution in [2.24, 2.45) is 0 Å². The van der Waals surface area contributed by atoms with E-state index in [4.69, 9.17) is 4.42 Å². The first kappa shape index (κ1) is 17.5. The third kappa shape index (κ3) is 5.40. The predicted molar refractivity (Wildman–Crippen MR) is 92.2 cm³/mol. The van der Waals surface area contributed by atoms with Gasteiger partial charge in [-0.1, -0.05) is 18.2 Å². The number of hydrogen-bond acceptors (Lipinski definition) is 4. The standard InChI is InChI=1S/C18H21N3O3/c1-21(2)11-10-19-18(23)16(13-15-9-6-12-24-15)20-17(22)14-7-4-3-5-8-14/h3-9,12-13H,10-11H2,1-2H3,(H,19,23)(H,20,22)/b16-13+. The van der Waals surface area contributed by atoms with Crippen LogP contribution in [0.5, 0.6) is 0 Å². The van der Waals surface area contributed by atoms with E-state index in [1.807, 2.05) is 25.1 Å². The smallest absolute Gasteiger partial charge is 0.267 e. The highest BCUT2D eigenvalue weighted by Crippen LogP contribution is 2.07. The van der Waals surface area contributed by atoms with Crippen LogP contribution in [0.2, 0.25) is 0 Å². The Hall–Kier alpha value is -2.86. The van der Waals surface area contributed by atoms with Gasteiger partial charge in [0.2, 0.25) is 0 Å². The Kier molecular flexibility index (Phi) is 6.33. The summed E-state index contributed by atoms with van der Waals surface area (Å²) < 4.78 is 5.23. The van der Waals surface area contributed by atoms with E-state index in [0.717, 1.165) is 0 Å². The third-order valence-corrected chi connectivity index (χ3v) is 3.20. The van der Waals surface area contributed by atoms with Crippen molar-refractivity contribution in [2.75, 3.05) is 27.2 Å². The maximum absolute atomic E-state index is 12.4. The van der Waals surface area contributed by atoms with Gasteiger partial charge < -0.3 is 20.0 Å². The van der Waals surface area contributed by atoms with Gasteiger partial charge in [0.1, 0.15) is 11.5 Å². The zero-order chi connectivity index (χ0) is 17.4. The molecule has 1 aromatic heterocycles. The van der Waals surface area contributed by atoms with Crippen LogP contribution in [0.4, 0.5) is 0 Å². The molecule has 0 atom stereocenters. The molecule has 0 aliphatic rings. The van der Waals surface area contributed by atoms with Crippen LogP contribution >= 0.6 is 0 Å². The molecule has 2 aromatic rings. The molecule has 0 saturated carbocycles. The lowest BCUT2D eigenvalue weighted by Gasteiger charge is -2.13. The number of amides is 2. The van der Waals surface area contributed by atoms with E-state index in [2.05, 4.69) is 10.6 Å². The molecule has 0 saturated heterocycles. The minimum absolute atomic E-state index is 0.137. The molecule has 2 amide bonds. The number of hydrogen-bond donors (Lipinski definition) is 2. The minimum atomic E-state index is -0.363. The lowest BCUT2D eigenvalue weighted by Crippen LogP contribution is -2.37. The van der Waals surface area contributed by atoms with Gasteiger partial charge in [0.05, 0.1) is 6.26 Å². The van der Waals surface area contributed by atoms with Gasteiger partial charge in [-0.25, -0.2) is 0 Å². The summed E-state index contributed by atoms with van der Waals surface area (Å²) in [5, 5.41) is 5.42. The Morgan fingerprint density at radius 1 is 1.12 bits per heavy atom. The van der Waals surface area contributed by atoms with Crippen LogP contribution in [-0.2, 0) is 4.79 Å². The molecule has 6 nitrogen and oxygen atoms in total. The normalized spacial score (nSPS) is 11.4. The molecule has 0 fully saturated rings. The summed E-state index contributed by atoms with van der Waals surface area (Å²) >= 11 is 0. The van der Waals surface area contributed by atoms with E-state index in [9.17, 15) is 9.59 Å². The largest absolute Gasteiger partial charge is 0.465 e. The fourth-order valence-electron chi connectivity index (χ4n) is 1.95. The van der Waals surface area contributed by atoms with Crippen LogP contribution in [0.15, 0.2) is 58.8 Å². The van der Waals surface area contributed by atoms with Crippen molar-refractivity contribution < 1.29 is 14.0 Å². The minimum Gasteiger partial charge on any atom is -0.465 e. The SMILES string of the molecule is CN(C)CCNC(=O)/C(=C\c1ccco1)NC(=O)c1ccccc1. The predicted octanol–water partition coefficient (Wildman–Crippen LogP) is 1.73. The van der Waals surface area contributed by atoms with E-state index in [0.29, 0.717) is 24.4 Å². The first-order valence-electron chi connectivity index (χ1n) is 7.61. The highest BCUT2D eigenvalue weighted by atomic mass is 16.3. The number of benzene rings is 1. The molecule has 1 aromatic carbocycles. The maximum Gasteiger partial charge on any atom is 0.267 e. The Bertz CT molecular complexity index is 692. The summed E-state index contributed by atoms with van der Waals surface area (Å²) in [6, 6.07) is 12.1. The number of nitrogens with one attached hydrogen (secondary N) is 2. The van der Waals surface area contributed by atoms with Crippen LogP contribution in [0, 0.1) is 0 Å². The molecule has 2 rings (SSSR count). The molecule has 0 aliphatic heterocycles. The van der Waals surface area contributed by atoms with Gasteiger partial charge >= 0.3 is 0 Å². The summed E-state index contributed by atoms with van der Waals surface area (Å²) in [6.45, 7) is 1.18. The van der Waals surface area contributed by atoms with Crippen molar-refractivity contribution in [3.8, 4) is 0 Å². The number of carbonyl (C=O) groups is 2.